The first-order valence-corrected chi connectivity index (χ1v) is 8.32. The van der Waals surface area contributed by atoms with Crippen LogP contribution in [0, 0.1) is 16.0 Å². The van der Waals surface area contributed by atoms with Crippen molar-refractivity contribution in [3.8, 4) is 5.75 Å². The summed E-state index contributed by atoms with van der Waals surface area (Å²) < 4.78 is 5.21. The zero-order valence-corrected chi connectivity index (χ0v) is 14.1. The van der Waals surface area contributed by atoms with Gasteiger partial charge in [0.25, 0.3) is 0 Å². The molecule has 1 aromatic rings. The Balaban J connectivity index is 1.94. The van der Waals surface area contributed by atoms with Crippen molar-refractivity contribution >= 4 is 17.4 Å². The molecule has 1 fully saturated rings. The van der Waals surface area contributed by atoms with Crippen molar-refractivity contribution in [2.75, 3.05) is 26.2 Å². The van der Waals surface area contributed by atoms with E-state index in [-0.39, 0.29) is 35.1 Å². The number of carbonyl (C=O) groups excluding carboxylic acids is 1. The zero-order valence-electron chi connectivity index (χ0n) is 14.1. The first kappa shape index (κ1) is 18.9. The second kappa shape index (κ2) is 8.57. The summed E-state index contributed by atoms with van der Waals surface area (Å²) in [6.07, 6.45) is 1.40. The third-order valence-corrected chi connectivity index (χ3v) is 4.37. The summed E-state index contributed by atoms with van der Waals surface area (Å²) in [7, 11) is 0. The number of ketones is 1. The van der Waals surface area contributed by atoms with Crippen LogP contribution in [-0.4, -0.2) is 52.9 Å². The van der Waals surface area contributed by atoms with E-state index >= 15 is 0 Å². The largest absolute Gasteiger partial charge is 0.487 e. The molecule has 1 aliphatic heterocycles. The number of hydrogen-bond acceptors (Lipinski definition) is 6. The molecule has 1 saturated heterocycles. The minimum atomic E-state index is -0.766. The molecule has 0 amide bonds. The fourth-order valence-corrected chi connectivity index (χ4v) is 2.92. The lowest BCUT2D eigenvalue weighted by Crippen LogP contribution is -2.37. The number of carboxylic acids is 1. The molecule has 1 N–H and O–H groups in total. The average molecular weight is 350 g/mol. The molecule has 0 unspecified atom stereocenters. The molecule has 1 aliphatic rings. The Morgan fingerprint density at radius 1 is 1.36 bits per heavy atom. The number of nitrogens with zero attached hydrogens (tertiary/aromatic N) is 2. The topological polar surface area (TPSA) is 110 Å². The highest BCUT2D eigenvalue weighted by Crippen LogP contribution is 2.28. The number of likely N-dealkylation sites (tertiary alicyclic amines) is 1. The Morgan fingerprint density at radius 2 is 2.04 bits per heavy atom. The number of carbonyl (C=O) groups is 2. The number of Topliss-reactive ketones (excluding diaryl/α,β-unsaturated/α-hetero) is 1. The van der Waals surface area contributed by atoms with Crippen LogP contribution in [0.1, 0.15) is 36.5 Å². The molecule has 1 aromatic carbocycles. The number of ether oxygens (including phenoxy) is 1. The highest BCUT2D eigenvalue weighted by Gasteiger charge is 2.25. The Bertz CT molecular complexity index is 653. The maximum absolute atomic E-state index is 12.3. The minimum Gasteiger partial charge on any atom is -0.487 e. The van der Waals surface area contributed by atoms with Gasteiger partial charge in [-0.1, -0.05) is 0 Å². The molecule has 8 nitrogen and oxygen atoms in total. The number of rotatable bonds is 8. The molecule has 8 heteroatoms. The molecule has 2 rings (SSSR count). The predicted octanol–water partition coefficient (Wildman–Crippen LogP) is 2.36. The Morgan fingerprint density at radius 3 is 2.60 bits per heavy atom. The summed E-state index contributed by atoms with van der Waals surface area (Å²) in [4.78, 5) is 35.9. The highest BCUT2D eigenvalue weighted by molar-refractivity contribution is 5.97. The number of carboxylic acid groups (broad SMARTS) is 1. The summed E-state index contributed by atoms with van der Waals surface area (Å²) in [6.45, 7) is 3.85. The van der Waals surface area contributed by atoms with Gasteiger partial charge in [-0.15, -0.1) is 0 Å². The summed E-state index contributed by atoms with van der Waals surface area (Å²) >= 11 is 0. The third kappa shape index (κ3) is 4.99. The van der Waals surface area contributed by atoms with Gasteiger partial charge in [-0.25, -0.2) is 0 Å². The van der Waals surface area contributed by atoms with E-state index in [4.69, 9.17) is 9.84 Å². The van der Waals surface area contributed by atoms with Gasteiger partial charge in [-0.3, -0.25) is 19.7 Å². The maximum atomic E-state index is 12.3. The van der Waals surface area contributed by atoms with Gasteiger partial charge in [-0.05, 0) is 45.0 Å². The van der Waals surface area contributed by atoms with Gasteiger partial charge < -0.3 is 14.7 Å². The monoisotopic (exact) mass is 350 g/mol. The molecule has 136 valence electrons. The summed E-state index contributed by atoms with van der Waals surface area (Å²) in [6, 6.07) is 4.24. The van der Waals surface area contributed by atoms with E-state index in [0.717, 1.165) is 0 Å². The van der Waals surface area contributed by atoms with Crippen molar-refractivity contribution in [1.29, 1.82) is 0 Å². The van der Waals surface area contributed by atoms with Crippen LogP contribution in [0.4, 0.5) is 5.69 Å². The number of aliphatic carboxylic acids is 1. The lowest BCUT2D eigenvalue weighted by atomic mass is 9.97. The molecule has 0 saturated carbocycles. The van der Waals surface area contributed by atoms with Gasteiger partial charge in [-0.2, -0.15) is 0 Å². The molecule has 0 bridgehead atoms. The van der Waals surface area contributed by atoms with Crippen molar-refractivity contribution in [2.24, 2.45) is 5.92 Å². The first-order valence-electron chi connectivity index (χ1n) is 8.32. The van der Waals surface area contributed by atoms with Gasteiger partial charge in [0, 0.05) is 24.6 Å². The third-order valence-electron chi connectivity index (χ3n) is 4.37. The lowest BCUT2D eigenvalue weighted by Gasteiger charge is -2.29. The molecule has 1 heterocycles. The van der Waals surface area contributed by atoms with E-state index in [1.54, 1.807) is 6.92 Å². The molecule has 0 spiro atoms. The maximum Gasteiger partial charge on any atom is 0.311 e. The van der Waals surface area contributed by atoms with E-state index < -0.39 is 10.9 Å². The van der Waals surface area contributed by atoms with Crippen molar-refractivity contribution in [3.05, 3.63) is 33.9 Å². The predicted molar refractivity (Wildman–Crippen MR) is 90.0 cm³/mol. The van der Waals surface area contributed by atoms with Gasteiger partial charge in [0.15, 0.2) is 11.5 Å². The van der Waals surface area contributed by atoms with Gasteiger partial charge in [0.2, 0.25) is 0 Å². The molecule has 25 heavy (non-hydrogen) atoms. The van der Waals surface area contributed by atoms with Crippen LogP contribution in [0.15, 0.2) is 18.2 Å². The Kier molecular flexibility index (Phi) is 6.46. The van der Waals surface area contributed by atoms with E-state index in [1.807, 2.05) is 0 Å². The van der Waals surface area contributed by atoms with Crippen molar-refractivity contribution < 1.29 is 24.4 Å². The van der Waals surface area contributed by atoms with Crippen LogP contribution in [0.25, 0.3) is 0 Å². The molecular formula is C17H22N2O6. The Labute approximate surface area is 145 Å². The van der Waals surface area contributed by atoms with Crippen molar-refractivity contribution in [1.82, 2.24) is 4.90 Å². The van der Waals surface area contributed by atoms with Crippen LogP contribution >= 0.6 is 0 Å². The summed E-state index contributed by atoms with van der Waals surface area (Å²) in [5.74, 6) is -1.09. The molecule has 0 atom stereocenters. The van der Waals surface area contributed by atoms with Crippen molar-refractivity contribution in [2.45, 2.75) is 26.2 Å². The molecule has 0 aliphatic carbocycles. The number of benzene rings is 1. The van der Waals surface area contributed by atoms with Crippen LogP contribution in [0.2, 0.25) is 0 Å². The fraction of sp³-hybridized carbons (Fsp3) is 0.529. The Hall–Kier alpha value is -2.48. The van der Waals surface area contributed by atoms with Gasteiger partial charge in [0.1, 0.15) is 0 Å². The van der Waals surface area contributed by atoms with E-state index in [2.05, 4.69) is 4.90 Å². The lowest BCUT2D eigenvalue weighted by molar-refractivity contribution is -0.385. The second-order valence-electron chi connectivity index (χ2n) is 6.00. The zero-order chi connectivity index (χ0) is 18.4. The van der Waals surface area contributed by atoms with Gasteiger partial charge >= 0.3 is 11.7 Å². The second-order valence-corrected chi connectivity index (χ2v) is 6.00. The van der Waals surface area contributed by atoms with Gasteiger partial charge in [0.05, 0.1) is 17.4 Å². The van der Waals surface area contributed by atoms with E-state index in [0.29, 0.717) is 39.1 Å². The average Bonchev–Trinajstić information content (AvgIpc) is 2.60. The van der Waals surface area contributed by atoms with E-state index in [9.17, 15) is 19.7 Å². The van der Waals surface area contributed by atoms with Crippen LogP contribution in [0.5, 0.6) is 5.75 Å². The summed E-state index contributed by atoms with van der Waals surface area (Å²) in [5, 5.41) is 20.1. The van der Waals surface area contributed by atoms with E-state index in [1.165, 1.54) is 18.2 Å². The van der Waals surface area contributed by atoms with Crippen LogP contribution in [-0.2, 0) is 4.79 Å². The molecular weight excluding hydrogens is 328 g/mol. The number of nitro groups is 1. The number of hydrogen-bond donors (Lipinski definition) is 1. The molecule has 0 radical (unpaired) electrons. The standard InChI is InChI=1S/C17H22N2O6/c1-2-25-16-4-3-13(11-14(16)19(23)24)15(20)7-10-18-8-5-12(6-9-18)17(21)22/h3-4,11-12H,2,5-10H2,1H3,(H,21,22). The number of nitro benzene ring substituents is 1. The fourth-order valence-electron chi connectivity index (χ4n) is 2.92. The normalized spacial score (nSPS) is 15.7. The number of piperidine rings is 1. The quantitative estimate of drug-likeness (QED) is 0.435. The summed E-state index contributed by atoms with van der Waals surface area (Å²) in [5.41, 5.74) is 0.0746. The molecule has 0 aromatic heterocycles. The SMILES string of the molecule is CCOc1ccc(C(=O)CCN2CCC(C(=O)O)CC2)cc1[N+](=O)[O-]. The smallest absolute Gasteiger partial charge is 0.311 e. The van der Waals surface area contributed by atoms with Crippen LogP contribution < -0.4 is 4.74 Å². The van der Waals surface area contributed by atoms with Crippen molar-refractivity contribution in [3.63, 3.8) is 0 Å². The highest BCUT2D eigenvalue weighted by atomic mass is 16.6. The minimum absolute atomic E-state index is 0.153. The first-order chi connectivity index (χ1) is 11.9. The van der Waals surface area contributed by atoms with Crippen LogP contribution in [0.3, 0.4) is 0 Å².